The Morgan fingerprint density at radius 1 is 0.621 bits per heavy atom. The minimum absolute atomic E-state index is 0. The zero-order chi connectivity index (χ0) is 21.4. The van der Waals surface area contributed by atoms with Crippen LogP contribution in [0.3, 0.4) is 0 Å². The molecule has 0 spiro atoms. The molecule has 0 atom stereocenters. The molecular weight excluding hydrogens is 408 g/mol. The molecular formula is C16H29N3Na2O8. The number of carboxylic acid groups (broad SMARTS) is 4. The van der Waals surface area contributed by atoms with Crippen molar-refractivity contribution < 1.29 is 98.7 Å². The number of carbonyl (C=O) groups is 4. The van der Waals surface area contributed by atoms with E-state index in [4.69, 9.17) is 10.2 Å². The predicted octanol–water partition coefficient (Wildman–Crippen LogP) is -9.38. The summed E-state index contributed by atoms with van der Waals surface area (Å²) < 4.78 is 0. The first-order valence-corrected chi connectivity index (χ1v) is 8.55. The van der Waals surface area contributed by atoms with Gasteiger partial charge in [0.2, 0.25) is 0 Å². The Balaban J connectivity index is -0.000000298. The summed E-state index contributed by atoms with van der Waals surface area (Å²) in [6.07, 6.45) is 0. The molecule has 0 aliphatic carbocycles. The van der Waals surface area contributed by atoms with Crippen LogP contribution in [0.4, 0.5) is 0 Å². The Morgan fingerprint density at radius 3 is 1.07 bits per heavy atom. The molecule has 0 aliphatic rings. The summed E-state index contributed by atoms with van der Waals surface area (Å²) in [5.74, 6) is -5.52. The van der Waals surface area contributed by atoms with Crippen molar-refractivity contribution in [2.24, 2.45) is 0 Å². The summed E-state index contributed by atoms with van der Waals surface area (Å²) in [5, 5.41) is 38.0. The fraction of sp³-hybridized carbons (Fsp3) is 0.750. The molecule has 0 aromatic rings. The van der Waals surface area contributed by atoms with Crippen LogP contribution >= 0.6 is 0 Å². The molecule has 158 valence electrons. The molecule has 0 amide bonds. The van der Waals surface area contributed by atoms with Crippen molar-refractivity contribution in [2.75, 3.05) is 58.9 Å². The van der Waals surface area contributed by atoms with Gasteiger partial charge in [0.05, 0.1) is 25.0 Å². The number of aliphatic carboxylic acids is 4. The quantitative estimate of drug-likeness (QED) is 0.248. The van der Waals surface area contributed by atoms with Gasteiger partial charge in [-0.2, -0.15) is 0 Å². The molecule has 29 heavy (non-hydrogen) atoms. The maximum absolute atomic E-state index is 10.5. The summed E-state index contributed by atoms with van der Waals surface area (Å²) >= 11 is 0. The van der Waals surface area contributed by atoms with E-state index >= 15 is 0 Å². The second-order valence-electron chi connectivity index (χ2n) is 5.57. The van der Waals surface area contributed by atoms with Crippen molar-refractivity contribution >= 4 is 23.9 Å². The van der Waals surface area contributed by atoms with E-state index in [0.717, 1.165) is 9.80 Å². The number of carboxylic acids is 4. The summed E-state index contributed by atoms with van der Waals surface area (Å²) in [6.45, 7) is 7.37. The first kappa shape index (κ1) is 36.2. The molecule has 13 heteroatoms. The molecule has 0 radical (unpaired) electrons. The van der Waals surface area contributed by atoms with Gasteiger partial charge in [-0.25, -0.2) is 0 Å². The Morgan fingerprint density at radius 2 is 0.897 bits per heavy atom. The molecule has 0 saturated heterocycles. The monoisotopic (exact) mass is 437 g/mol. The van der Waals surface area contributed by atoms with Crippen LogP contribution < -0.4 is 69.3 Å². The Kier molecular flexibility index (Phi) is 28.0. The zero-order valence-electron chi connectivity index (χ0n) is 18.0. The van der Waals surface area contributed by atoms with Crippen molar-refractivity contribution in [3.05, 3.63) is 0 Å². The summed E-state index contributed by atoms with van der Waals surface area (Å²) in [4.78, 5) is 46.3. The van der Waals surface area contributed by atoms with Crippen LogP contribution in [-0.2, 0) is 19.2 Å². The third-order valence-electron chi connectivity index (χ3n) is 3.50. The third kappa shape index (κ3) is 25.7. The fourth-order valence-electron chi connectivity index (χ4n) is 2.13. The molecule has 0 heterocycles. The minimum Gasteiger partial charge on any atom is -0.549 e. The predicted molar refractivity (Wildman–Crippen MR) is 91.6 cm³/mol. The largest absolute Gasteiger partial charge is 1.00 e. The van der Waals surface area contributed by atoms with Crippen LogP contribution in [0.15, 0.2) is 0 Å². The first-order valence-electron chi connectivity index (χ1n) is 8.55. The molecule has 0 aliphatic heterocycles. The van der Waals surface area contributed by atoms with E-state index in [0.29, 0.717) is 0 Å². The number of rotatable bonds is 14. The van der Waals surface area contributed by atoms with Crippen LogP contribution in [0, 0.1) is 0 Å². The minimum atomic E-state index is -1.51. The van der Waals surface area contributed by atoms with Gasteiger partial charge in [0, 0.05) is 26.2 Å². The van der Waals surface area contributed by atoms with Crippen molar-refractivity contribution in [3.63, 3.8) is 0 Å². The van der Waals surface area contributed by atoms with Crippen molar-refractivity contribution in [1.29, 1.82) is 0 Å². The van der Waals surface area contributed by atoms with Gasteiger partial charge in [0.15, 0.2) is 0 Å². The number of carbonyl (C=O) groups excluding carboxylic acids is 2. The Labute approximate surface area is 215 Å². The second-order valence-corrected chi connectivity index (χ2v) is 5.57. The van der Waals surface area contributed by atoms with Crippen LogP contribution in [0.2, 0.25) is 0 Å². The van der Waals surface area contributed by atoms with E-state index in [2.05, 4.69) is 25.7 Å². The van der Waals surface area contributed by atoms with Crippen molar-refractivity contribution in [3.8, 4) is 0 Å². The van der Waals surface area contributed by atoms with Gasteiger partial charge in [0.25, 0.3) is 0 Å². The molecule has 0 fully saturated rings. The zero-order valence-corrected chi connectivity index (χ0v) is 22.0. The molecule has 0 aromatic heterocycles. The molecule has 11 nitrogen and oxygen atoms in total. The number of hydrogen-bond acceptors (Lipinski definition) is 9. The SMILES string of the molecule is CCN(CC)CC.O=C([O-])CN(CCN(CC(=O)O)CC(=O)O)CC(=O)[O-].[Na+].[Na+]. The van der Waals surface area contributed by atoms with E-state index in [9.17, 15) is 29.4 Å². The standard InChI is InChI=1S/C10H16N2O8.C6H15N.2Na/c13-7(14)3-11(4-8(15)16)1-2-12(5-9(17)18)6-10(19)20;1-4-7(5-2)6-3;;/h1-6H2,(H,13,14)(H,15,16)(H,17,18)(H,19,20);4-6H2,1-3H3;;/q;;2*+1/p-2. The summed E-state index contributed by atoms with van der Waals surface area (Å²) in [7, 11) is 0. The third-order valence-corrected chi connectivity index (χ3v) is 3.50. The number of hydrogen-bond donors (Lipinski definition) is 2. The van der Waals surface area contributed by atoms with E-state index in [1.807, 2.05) is 0 Å². The topological polar surface area (TPSA) is 165 Å². The van der Waals surface area contributed by atoms with Gasteiger partial charge in [0.1, 0.15) is 0 Å². The van der Waals surface area contributed by atoms with Crippen molar-refractivity contribution in [1.82, 2.24) is 14.7 Å². The van der Waals surface area contributed by atoms with Crippen molar-refractivity contribution in [2.45, 2.75) is 20.8 Å². The van der Waals surface area contributed by atoms with E-state index in [1.54, 1.807) is 0 Å². The van der Waals surface area contributed by atoms with Gasteiger partial charge in [-0.05, 0) is 19.6 Å². The van der Waals surface area contributed by atoms with Gasteiger partial charge in [-0.15, -0.1) is 0 Å². The van der Waals surface area contributed by atoms with Gasteiger partial charge in [-0.3, -0.25) is 19.4 Å². The van der Waals surface area contributed by atoms with E-state index in [1.165, 1.54) is 19.6 Å². The second kappa shape index (κ2) is 22.4. The van der Waals surface area contributed by atoms with E-state index < -0.39 is 50.1 Å². The van der Waals surface area contributed by atoms with Gasteiger partial charge < -0.3 is 34.9 Å². The van der Waals surface area contributed by atoms with Crippen LogP contribution in [0.1, 0.15) is 20.8 Å². The Hall–Kier alpha value is -0.240. The molecule has 0 unspecified atom stereocenters. The molecule has 2 N–H and O–H groups in total. The molecule has 0 saturated carbocycles. The maximum Gasteiger partial charge on any atom is 1.00 e. The van der Waals surface area contributed by atoms with Gasteiger partial charge >= 0.3 is 71.1 Å². The first-order chi connectivity index (χ1) is 12.5. The number of nitrogens with zero attached hydrogens (tertiary/aromatic N) is 3. The van der Waals surface area contributed by atoms with Gasteiger partial charge in [-0.1, -0.05) is 20.8 Å². The molecule has 0 rings (SSSR count). The van der Waals surface area contributed by atoms with Crippen LogP contribution in [0.5, 0.6) is 0 Å². The normalized spacial score (nSPS) is 9.86. The van der Waals surface area contributed by atoms with Crippen LogP contribution in [0.25, 0.3) is 0 Å². The Bertz CT molecular complexity index is 406. The maximum atomic E-state index is 10.5. The molecule has 0 bridgehead atoms. The molecule has 0 aromatic carbocycles. The average molecular weight is 437 g/mol. The summed E-state index contributed by atoms with van der Waals surface area (Å²) in [5.41, 5.74) is 0. The average Bonchev–Trinajstić information content (AvgIpc) is 2.52. The smallest absolute Gasteiger partial charge is 0.549 e. The summed E-state index contributed by atoms with van der Waals surface area (Å²) in [6, 6.07) is 0. The van der Waals surface area contributed by atoms with E-state index in [-0.39, 0.29) is 72.2 Å². The van der Waals surface area contributed by atoms with Crippen LogP contribution in [-0.4, -0.2) is 108 Å². The fourth-order valence-corrected chi connectivity index (χ4v) is 2.13.